The Kier molecular flexibility index (Phi) is 8.88. The van der Waals surface area contributed by atoms with Crippen LogP contribution in [-0.2, 0) is 9.59 Å². The summed E-state index contributed by atoms with van der Waals surface area (Å²) in [4.78, 5) is 29.0. The molecule has 1 aliphatic heterocycles. The van der Waals surface area contributed by atoms with Gasteiger partial charge in [0.05, 0.1) is 60.3 Å². The average Bonchev–Trinajstić information content (AvgIpc) is 2.99. The van der Waals surface area contributed by atoms with Crippen molar-refractivity contribution in [1.82, 2.24) is 0 Å². The van der Waals surface area contributed by atoms with Gasteiger partial charge in [0.2, 0.25) is 17.6 Å². The second-order valence-electron chi connectivity index (χ2n) is 9.07. The lowest BCUT2D eigenvalue weighted by Crippen LogP contribution is -2.47. The summed E-state index contributed by atoms with van der Waals surface area (Å²) in [5.41, 5.74) is 1.84. The fourth-order valence-corrected chi connectivity index (χ4v) is 5.01. The molecule has 4 rings (SSSR count). The Balaban J connectivity index is 1.79. The smallest absolute Gasteiger partial charge is 0.229 e. The minimum absolute atomic E-state index is 0.134. The van der Waals surface area contributed by atoms with Gasteiger partial charge in [0.15, 0.2) is 23.0 Å². The van der Waals surface area contributed by atoms with E-state index in [9.17, 15) is 9.59 Å². The lowest BCUT2D eigenvalue weighted by Gasteiger charge is -2.41. The number of methoxy groups -OCH3 is 6. The first kappa shape index (κ1) is 28.4. The predicted octanol–water partition coefficient (Wildman–Crippen LogP) is 4.86. The van der Waals surface area contributed by atoms with Crippen LogP contribution in [0.5, 0.6) is 34.5 Å². The normalized spacial score (nSPS) is 16.6. The second-order valence-corrected chi connectivity index (χ2v) is 9.07. The van der Waals surface area contributed by atoms with Gasteiger partial charge in [-0.15, -0.1) is 0 Å². The molecule has 0 unspecified atom stereocenters. The Morgan fingerprint density at radius 1 is 0.750 bits per heavy atom. The lowest BCUT2D eigenvalue weighted by molar-refractivity contribution is -0.125. The number of nitrogens with one attached hydrogen (secondary N) is 1. The molecule has 40 heavy (non-hydrogen) atoms. The third-order valence-corrected chi connectivity index (χ3v) is 6.97. The molecule has 3 aromatic carbocycles. The highest BCUT2D eigenvalue weighted by molar-refractivity contribution is 6.00. The van der Waals surface area contributed by atoms with E-state index in [1.54, 1.807) is 49.5 Å². The molecule has 0 spiro atoms. The van der Waals surface area contributed by atoms with Crippen molar-refractivity contribution in [3.63, 3.8) is 0 Å². The molecule has 2 atom stereocenters. The van der Waals surface area contributed by atoms with Gasteiger partial charge >= 0.3 is 0 Å². The molecule has 1 aliphatic rings. The van der Waals surface area contributed by atoms with Crippen LogP contribution in [0.25, 0.3) is 0 Å². The van der Waals surface area contributed by atoms with Crippen molar-refractivity contribution in [1.29, 1.82) is 0 Å². The van der Waals surface area contributed by atoms with Crippen molar-refractivity contribution in [3.8, 4) is 34.5 Å². The first-order chi connectivity index (χ1) is 19.4. The van der Waals surface area contributed by atoms with E-state index in [0.717, 1.165) is 5.56 Å². The van der Waals surface area contributed by atoms with Crippen molar-refractivity contribution in [2.45, 2.75) is 18.9 Å². The number of amides is 2. The summed E-state index contributed by atoms with van der Waals surface area (Å²) in [7, 11) is 9.21. The summed E-state index contributed by atoms with van der Waals surface area (Å²) in [6, 6.07) is 15.3. The van der Waals surface area contributed by atoms with Gasteiger partial charge in [-0.05, 0) is 36.2 Å². The molecule has 0 aromatic heterocycles. The van der Waals surface area contributed by atoms with E-state index in [2.05, 4.69) is 5.32 Å². The van der Waals surface area contributed by atoms with Crippen LogP contribution in [0, 0.1) is 5.92 Å². The molecular weight excluding hydrogens is 516 g/mol. The second kappa shape index (κ2) is 12.5. The topological polar surface area (TPSA) is 105 Å². The number of carbonyl (C=O) groups is 2. The highest BCUT2D eigenvalue weighted by Crippen LogP contribution is 2.46. The average molecular weight is 551 g/mol. The number of benzene rings is 3. The first-order valence-electron chi connectivity index (χ1n) is 12.7. The summed E-state index contributed by atoms with van der Waals surface area (Å²) in [5.74, 6) is 1.95. The molecule has 1 N–H and O–H groups in total. The largest absolute Gasteiger partial charge is 0.497 e. The van der Waals surface area contributed by atoms with Crippen LogP contribution in [0.2, 0.25) is 0 Å². The zero-order valence-electron chi connectivity index (χ0n) is 23.5. The fraction of sp³-hybridized carbons (Fsp3) is 0.333. The predicted molar refractivity (Wildman–Crippen MR) is 150 cm³/mol. The molecule has 0 aliphatic carbocycles. The van der Waals surface area contributed by atoms with Gasteiger partial charge in [0.25, 0.3) is 0 Å². The maximum Gasteiger partial charge on any atom is 0.229 e. The zero-order valence-corrected chi connectivity index (χ0v) is 23.5. The highest BCUT2D eigenvalue weighted by Gasteiger charge is 2.42. The van der Waals surface area contributed by atoms with E-state index in [1.807, 2.05) is 24.3 Å². The Morgan fingerprint density at radius 2 is 1.38 bits per heavy atom. The quantitative estimate of drug-likeness (QED) is 0.382. The minimum atomic E-state index is -0.630. The lowest BCUT2D eigenvalue weighted by atomic mass is 9.83. The van der Waals surface area contributed by atoms with Crippen molar-refractivity contribution >= 4 is 23.2 Å². The van der Waals surface area contributed by atoms with Gasteiger partial charge in [-0.1, -0.05) is 12.1 Å². The van der Waals surface area contributed by atoms with Crippen molar-refractivity contribution in [3.05, 3.63) is 60.2 Å². The molecule has 3 aromatic rings. The Labute approximate surface area is 233 Å². The SMILES string of the molecule is COc1ccc([C@H]2[C@@H](C(=O)Nc3ccc(OC)c(OC)c3)CCC(=O)N2c2cc(OC)c(OC)c(OC)c2)cc1. The van der Waals surface area contributed by atoms with Crippen LogP contribution in [0.3, 0.4) is 0 Å². The van der Waals surface area contributed by atoms with Crippen LogP contribution in [0.1, 0.15) is 24.4 Å². The Hall–Kier alpha value is -4.60. The number of anilines is 2. The van der Waals surface area contributed by atoms with Crippen molar-refractivity contribution in [2.24, 2.45) is 5.92 Å². The van der Waals surface area contributed by atoms with Gasteiger partial charge in [-0.3, -0.25) is 9.59 Å². The first-order valence-corrected chi connectivity index (χ1v) is 12.7. The van der Waals surface area contributed by atoms with Gasteiger partial charge in [-0.2, -0.15) is 0 Å². The van der Waals surface area contributed by atoms with Crippen LogP contribution in [0.4, 0.5) is 11.4 Å². The number of carbonyl (C=O) groups excluding carboxylic acids is 2. The number of hydrogen-bond acceptors (Lipinski definition) is 8. The summed E-state index contributed by atoms with van der Waals surface area (Å²) < 4.78 is 32.6. The maximum atomic E-state index is 13.8. The number of ether oxygens (including phenoxy) is 6. The van der Waals surface area contributed by atoms with Crippen LogP contribution in [0.15, 0.2) is 54.6 Å². The molecule has 10 heteroatoms. The van der Waals surface area contributed by atoms with Gasteiger partial charge < -0.3 is 38.6 Å². The van der Waals surface area contributed by atoms with Gasteiger partial charge in [0, 0.05) is 30.3 Å². The van der Waals surface area contributed by atoms with E-state index in [-0.39, 0.29) is 18.2 Å². The summed E-state index contributed by atoms with van der Waals surface area (Å²) in [6.07, 6.45) is 0.531. The number of nitrogens with zero attached hydrogens (tertiary/aromatic N) is 1. The molecule has 0 radical (unpaired) electrons. The standard InChI is InChI=1S/C30H34N2O8/c1-35-21-10-7-18(8-11-21)28-22(30(34)31-19-9-13-23(36-2)24(15-19)37-3)12-14-27(33)32(28)20-16-25(38-4)29(40-6)26(17-20)39-5/h7-11,13,15-17,22,28H,12,14H2,1-6H3,(H,31,34)/t22-,28-/m0/s1. The molecule has 0 saturated carbocycles. The zero-order chi connectivity index (χ0) is 28.8. The number of hydrogen-bond donors (Lipinski definition) is 1. The maximum absolute atomic E-state index is 13.8. The van der Waals surface area contributed by atoms with Crippen LogP contribution in [-0.4, -0.2) is 54.5 Å². The monoisotopic (exact) mass is 550 g/mol. The summed E-state index contributed by atoms with van der Waals surface area (Å²) in [6.45, 7) is 0. The molecule has 1 fully saturated rings. The molecule has 10 nitrogen and oxygen atoms in total. The fourth-order valence-electron chi connectivity index (χ4n) is 5.01. The van der Waals surface area contributed by atoms with Gasteiger partial charge in [-0.25, -0.2) is 0 Å². The Bertz CT molecular complexity index is 1330. The van der Waals surface area contributed by atoms with Gasteiger partial charge in [0.1, 0.15) is 5.75 Å². The van der Waals surface area contributed by atoms with E-state index in [1.165, 1.54) is 28.4 Å². The highest BCUT2D eigenvalue weighted by atomic mass is 16.5. The minimum Gasteiger partial charge on any atom is -0.497 e. The Morgan fingerprint density at radius 3 is 1.93 bits per heavy atom. The van der Waals surface area contributed by atoms with E-state index >= 15 is 0 Å². The summed E-state index contributed by atoms with van der Waals surface area (Å²) >= 11 is 0. The molecule has 0 bridgehead atoms. The molecular formula is C30H34N2O8. The third-order valence-electron chi connectivity index (χ3n) is 6.97. The number of piperidine rings is 1. The van der Waals surface area contributed by atoms with E-state index in [4.69, 9.17) is 28.4 Å². The molecule has 1 saturated heterocycles. The van der Waals surface area contributed by atoms with Crippen molar-refractivity contribution < 1.29 is 38.0 Å². The van der Waals surface area contributed by atoms with E-state index < -0.39 is 12.0 Å². The molecule has 2 amide bonds. The van der Waals surface area contributed by atoms with E-state index in [0.29, 0.717) is 52.3 Å². The molecule has 212 valence electrons. The molecule has 1 heterocycles. The summed E-state index contributed by atoms with van der Waals surface area (Å²) in [5, 5.41) is 3.00. The third kappa shape index (κ3) is 5.56. The van der Waals surface area contributed by atoms with Crippen LogP contribution < -0.4 is 38.6 Å². The van der Waals surface area contributed by atoms with Crippen LogP contribution >= 0.6 is 0 Å². The van der Waals surface area contributed by atoms with Crippen molar-refractivity contribution in [2.75, 3.05) is 52.9 Å². The number of rotatable bonds is 10.